The highest BCUT2D eigenvalue weighted by Gasteiger charge is 2.21. The maximum atomic E-state index is 12.1. The summed E-state index contributed by atoms with van der Waals surface area (Å²) < 4.78 is 5.89. The minimum Gasteiger partial charge on any atom is -0.448 e. The van der Waals surface area contributed by atoms with Crippen LogP contribution in [0.15, 0.2) is 47.1 Å². The number of nitrogens with one attached hydrogen (secondary N) is 2. The van der Waals surface area contributed by atoms with Crippen LogP contribution in [0.5, 0.6) is 0 Å². The molecule has 5 nitrogen and oxygen atoms in total. The molecule has 2 unspecified atom stereocenters. The Kier molecular flexibility index (Phi) is 5.38. The number of aromatic amines is 1. The molecule has 1 aromatic heterocycles. The molecule has 2 atom stereocenters. The van der Waals surface area contributed by atoms with Crippen molar-refractivity contribution in [1.82, 2.24) is 10.3 Å². The van der Waals surface area contributed by atoms with Gasteiger partial charge in [-0.1, -0.05) is 30.3 Å². The zero-order chi connectivity index (χ0) is 16.1. The molecule has 1 aromatic carbocycles. The molecule has 1 amide bonds. The average molecular weight is 365 g/mol. The van der Waals surface area contributed by atoms with E-state index in [1.165, 1.54) is 0 Å². The Morgan fingerprint density at radius 2 is 1.91 bits per heavy atom. The Morgan fingerprint density at radius 1 is 1.23 bits per heavy atom. The number of amides is 1. The maximum Gasteiger partial charge on any atom is 0.355 e. The van der Waals surface area contributed by atoms with Gasteiger partial charge in [0.05, 0.1) is 6.04 Å². The maximum absolute atomic E-state index is 12.1. The molecule has 2 aromatic rings. The summed E-state index contributed by atoms with van der Waals surface area (Å²) >= 11 is 3.24. The number of rotatable bonds is 5. The van der Waals surface area contributed by atoms with Gasteiger partial charge in [-0.2, -0.15) is 0 Å². The number of carbonyl (C=O) groups excluding carboxylic acids is 2. The lowest BCUT2D eigenvalue weighted by atomic mass is 10.1. The Bertz CT molecular complexity index is 654. The van der Waals surface area contributed by atoms with Crippen LogP contribution in [0.2, 0.25) is 0 Å². The van der Waals surface area contributed by atoms with Crippen LogP contribution >= 0.6 is 15.9 Å². The first-order valence-corrected chi connectivity index (χ1v) is 7.67. The molecule has 0 spiro atoms. The van der Waals surface area contributed by atoms with Gasteiger partial charge in [0.2, 0.25) is 0 Å². The highest BCUT2D eigenvalue weighted by molar-refractivity contribution is 9.10. The molecule has 2 rings (SSSR count). The molecular formula is C16H17BrN2O3. The van der Waals surface area contributed by atoms with E-state index in [0.717, 1.165) is 10.0 Å². The second-order valence-corrected chi connectivity index (χ2v) is 5.84. The van der Waals surface area contributed by atoms with Crippen LogP contribution in [0.1, 0.15) is 35.9 Å². The van der Waals surface area contributed by atoms with Crippen molar-refractivity contribution in [3.63, 3.8) is 0 Å². The molecule has 2 N–H and O–H groups in total. The fourth-order valence-electron chi connectivity index (χ4n) is 1.92. The zero-order valence-electron chi connectivity index (χ0n) is 12.3. The normalized spacial score (nSPS) is 13.2. The van der Waals surface area contributed by atoms with Crippen LogP contribution in [-0.4, -0.2) is 23.0 Å². The van der Waals surface area contributed by atoms with Gasteiger partial charge in [0, 0.05) is 10.7 Å². The van der Waals surface area contributed by atoms with Gasteiger partial charge >= 0.3 is 5.97 Å². The lowest BCUT2D eigenvalue weighted by molar-refractivity contribution is -0.129. The van der Waals surface area contributed by atoms with Crippen molar-refractivity contribution < 1.29 is 14.3 Å². The minimum atomic E-state index is -0.874. The third-order valence-electron chi connectivity index (χ3n) is 3.18. The second kappa shape index (κ2) is 7.26. The Hall–Kier alpha value is -2.08. The number of carbonyl (C=O) groups is 2. The summed E-state index contributed by atoms with van der Waals surface area (Å²) in [6.07, 6.45) is 0.750. The van der Waals surface area contributed by atoms with E-state index in [2.05, 4.69) is 26.2 Å². The van der Waals surface area contributed by atoms with Crippen LogP contribution in [0.3, 0.4) is 0 Å². The van der Waals surface area contributed by atoms with Crippen LogP contribution in [-0.2, 0) is 9.53 Å². The molecule has 1 heterocycles. The highest BCUT2D eigenvalue weighted by Crippen LogP contribution is 2.14. The SMILES string of the molecule is CC(OC(=O)c1cc(Br)c[nH]1)C(=O)NC(C)c1ccccc1. The molecule has 0 bridgehead atoms. The number of hydrogen-bond acceptors (Lipinski definition) is 3. The number of benzene rings is 1. The van der Waals surface area contributed by atoms with Crippen LogP contribution in [0, 0.1) is 0 Å². The molecule has 6 heteroatoms. The number of H-pyrrole nitrogens is 1. The summed E-state index contributed by atoms with van der Waals surface area (Å²) in [5, 5.41) is 2.82. The molecule has 0 aliphatic rings. The van der Waals surface area contributed by atoms with Crippen molar-refractivity contribution in [2.24, 2.45) is 0 Å². The van der Waals surface area contributed by atoms with Gasteiger partial charge in [-0.3, -0.25) is 4.79 Å². The topological polar surface area (TPSA) is 71.2 Å². The number of aromatic nitrogens is 1. The van der Waals surface area contributed by atoms with Crippen molar-refractivity contribution in [1.29, 1.82) is 0 Å². The van der Waals surface area contributed by atoms with Gasteiger partial charge in [-0.05, 0) is 41.4 Å². The third-order valence-corrected chi connectivity index (χ3v) is 3.64. The van der Waals surface area contributed by atoms with E-state index in [1.807, 2.05) is 37.3 Å². The summed E-state index contributed by atoms with van der Waals surface area (Å²) in [5.74, 6) is -0.906. The van der Waals surface area contributed by atoms with Crippen LogP contribution in [0.25, 0.3) is 0 Å². The summed E-state index contributed by atoms with van der Waals surface area (Å²) in [6.45, 7) is 3.42. The average Bonchev–Trinajstić information content (AvgIpc) is 2.94. The quantitative estimate of drug-likeness (QED) is 0.800. The largest absolute Gasteiger partial charge is 0.448 e. The highest BCUT2D eigenvalue weighted by atomic mass is 79.9. The smallest absolute Gasteiger partial charge is 0.355 e. The third kappa shape index (κ3) is 4.21. The molecule has 0 aliphatic carbocycles. The van der Waals surface area contributed by atoms with Gasteiger partial charge in [-0.15, -0.1) is 0 Å². The Labute approximate surface area is 137 Å². The Morgan fingerprint density at radius 3 is 2.50 bits per heavy atom. The number of ether oxygens (including phenoxy) is 1. The zero-order valence-corrected chi connectivity index (χ0v) is 13.9. The first-order valence-electron chi connectivity index (χ1n) is 6.87. The van der Waals surface area contributed by atoms with E-state index in [-0.39, 0.29) is 11.9 Å². The van der Waals surface area contributed by atoms with Gasteiger partial charge in [0.15, 0.2) is 6.10 Å². The van der Waals surface area contributed by atoms with Crippen molar-refractivity contribution in [3.05, 3.63) is 58.3 Å². The molecule has 22 heavy (non-hydrogen) atoms. The number of halogens is 1. The van der Waals surface area contributed by atoms with Crippen LogP contribution < -0.4 is 5.32 Å². The number of esters is 1. The molecular weight excluding hydrogens is 348 g/mol. The monoisotopic (exact) mass is 364 g/mol. The fourth-order valence-corrected chi connectivity index (χ4v) is 2.26. The molecule has 0 fully saturated rings. The standard InChI is InChI=1S/C16H17BrN2O3/c1-10(12-6-4-3-5-7-12)19-15(20)11(2)22-16(21)14-8-13(17)9-18-14/h3-11,18H,1-2H3,(H,19,20). The van der Waals surface area contributed by atoms with Gasteiger partial charge in [0.25, 0.3) is 5.91 Å². The lowest BCUT2D eigenvalue weighted by Gasteiger charge is -2.18. The van der Waals surface area contributed by atoms with Gasteiger partial charge in [0.1, 0.15) is 5.69 Å². The van der Waals surface area contributed by atoms with Crippen molar-refractivity contribution in [3.8, 4) is 0 Å². The van der Waals surface area contributed by atoms with E-state index in [4.69, 9.17) is 4.74 Å². The second-order valence-electron chi connectivity index (χ2n) is 4.92. The van der Waals surface area contributed by atoms with E-state index in [1.54, 1.807) is 19.2 Å². The van der Waals surface area contributed by atoms with Crippen molar-refractivity contribution in [2.75, 3.05) is 0 Å². The fraction of sp³-hybridized carbons (Fsp3) is 0.250. The van der Waals surface area contributed by atoms with E-state index in [9.17, 15) is 9.59 Å². The summed E-state index contributed by atoms with van der Waals surface area (Å²) in [5.41, 5.74) is 1.28. The Balaban J connectivity index is 1.91. The van der Waals surface area contributed by atoms with Gasteiger partial charge < -0.3 is 15.0 Å². The lowest BCUT2D eigenvalue weighted by Crippen LogP contribution is -2.37. The predicted octanol–water partition coefficient (Wildman–Crippen LogP) is 3.20. The summed E-state index contributed by atoms with van der Waals surface area (Å²) in [4.78, 5) is 26.7. The van der Waals surface area contributed by atoms with E-state index >= 15 is 0 Å². The minimum absolute atomic E-state index is 0.158. The van der Waals surface area contributed by atoms with Crippen molar-refractivity contribution in [2.45, 2.75) is 26.0 Å². The molecule has 0 aliphatic heterocycles. The molecule has 116 valence electrons. The molecule has 0 radical (unpaired) electrons. The predicted molar refractivity (Wildman–Crippen MR) is 86.4 cm³/mol. The first-order chi connectivity index (χ1) is 10.5. The van der Waals surface area contributed by atoms with Gasteiger partial charge in [-0.25, -0.2) is 4.79 Å². The summed E-state index contributed by atoms with van der Waals surface area (Å²) in [7, 11) is 0. The van der Waals surface area contributed by atoms with Crippen LogP contribution in [0.4, 0.5) is 0 Å². The molecule has 0 saturated carbocycles. The summed E-state index contributed by atoms with van der Waals surface area (Å²) in [6, 6.07) is 11.0. The van der Waals surface area contributed by atoms with E-state index < -0.39 is 12.1 Å². The first kappa shape index (κ1) is 16.3. The number of hydrogen-bond donors (Lipinski definition) is 2. The van der Waals surface area contributed by atoms with E-state index in [0.29, 0.717) is 5.69 Å². The van der Waals surface area contributed by atoms with Crippen molar-refractivity contribution >= 4 is 27.8 Å². The molecule has 0 saturated heterocycles.